The van der Waals surface area contributed by atoms with Crippen molar-refractivity contribution in [2.24, 2.45) is 0 Å². The zero-order valence-electron chi connectivity index (χ0n) is 18.5. The highest BCUT2D eigenvalue weighted by Crippen LogP contribution is 2.25. The molecule has 0 aliphatic carbocycles. The van der Waals surface area contributed by atoms with Crippen molar-refractivity contribution in [3.05, 3.63) is 59.5 Å². The van der Waals surface area contributed by atoms with Crippen molar-refractivity contribution in [1.29, 1.82) is 0 Å². The van der Waals surface area contributed by atoms with E-state index in [1.807, 2.05) is 30.5 Å². The highest BCUT2D eigenvalue weighted by atomic mass is 32.2. The van der Waals surface area contributed by atoms with E-state index in [9.17, 15) is 13.2 Å². The Morgan fingerprint density at radius 1 is 1.16 bits per heavy atom. The normalized spacial score (nSPS) is 17.5. The lowest BCUT2D eigenvalue weighted by Crippen LogP contribution is -2.51. The lowest BCUT2D eigenvalue weighted by Gasteiger charge is -2.33. The molecular formula is C23H29N5O3S. The minimum absolute atomic E-state index is 0.227. The first kappa shape index (κ1) is 22.4. The average Bonchev–Trinajstić information content (AvgIpc) is 3.20. The molecule has 170 valence electrons. The van der Waals surface area contributed by atoms with E-state index in [1.54, 1.807) is 30.3 Å². The van der Waals surface area contributed by atoms with E-state index in [2.05, 4.69) is 15.4 Å². The van der Waals surface area contributed by atoms with Gasteiger partial charge in [-0.3, -0.25) is 4.79 Å². The molecule has 1 aliphatic rings. The maximum Gasteiger partial charge on any atom is 0.243 e. The molecule has 1 saturated heterocycles. The maximum absolute atomic E-state index is 13.1. The van der Waals surface area contributed by atoms with Gasteiger partial charge in [0, 0.05) is 30.5 Å². The first-order chi connectivity index (χ1) is 15.4. The molecule has 0 radical (unpaired) electrons. The van der Waals surface area contributed by atoms with Crippen molar-refractivity contribution in [2.45, 2.75) is 56.9 Å². The Morgan fingerprint density at radius 3 is 2.72 bits per heavy atom. The number of carbonyl (C=O) groups is 1. The van der Waals surface area contributed by atoms with Crippen molar-refractivity contribution < 1.29 is 13.2 Å². The molecule has 0 bridgehead atoms. The molecule has 32 heavy (non-hydrogen) atoms. The molecule has 1 amide bonds. The first-order valence-electron chi connectivity index (χ1n) is 11.0. The minimum atomic E-state index is -3.70. The van der Waals surface area contributed by atoms with Gasteiger partial charge in [0.25, 0.3) is 0 Å². The number of fused-ring (bicyclic) bond motifs is 1. The van der Waals surface area contributed by atoms with Crippen LogP contribution in [0.3, 0.4) is 0 Å². The van der Waals surface area contributed by atoms with E-state index in [1.165, 1.54) is 4.31 Å². The van der Waals surface area contributed by atoms with Crippen LogP contribution >= 0.6 is 0 Å². The van der Waals surface area contributed by atoms with Crippen molar-refractivity contribution >= 4 is 21.6 Å². The lowest BCUT2D eigenvalue weighted by atomic mass is 10.0. The summed E-state index contributed by atoms with van der Waals surface area (Å²) in [4.78, 5) is 17.6. The number of rotatable bonds is 7. The summed E-state index contributed by atoms with van der Waals surface area (Å²) in [7, 11) is -3.70. The summed E-state index contributed by atoms with van der Waals surface area (Å²) in [6.07, 6.45) is 3.56. The Labute approximate surface area is 188 Å². The predicted molar refractivity (Wildman–Crippen MR) is 122 cm³/mol. The zero-order chi connectivity index (χ0) is 22.7. The number of hydrogen-bond acceptors (Lipinski definition) is 5. The predicted octanol–water partition coefficient (Wildman–Crippen LogP) is 2.64. The minimum Gasteiger partial charge on any atom is -0.355 e. The summed E-state index contributed by atoms with van der Waals surface area (Å²) < 4.78 is 29.4. The van der Waals surface area contributed by atoms with Crippen molar-refractivity contribution in [3.63, 3.8) is 0 Å². The molecule has 0 unspecified atom stereocenters. The second-order valence-electron chi connectivity index (χ2n) is 8.28. The number of nitrogens with one attached hydrogen (secondary N) is 1. The topological polar surface area (TPSA) is 96.7 Å². The number of aryl methyl sites for hydroxylation is 3. The number of sulfonamides is 1. The summed E-state index contributed by atoms with van der Waals surface area (Å²) in [5.41, 5.74) is 3.73. The summed E-state index contributed by atoms with van der Waals surface area (Å²) >= 11 is 0. The van der Waals surface area contributed by atoms with Crippen LogP contribution in [0.4, 0.5) is 0 Å². The molecule has 2 aromatic heterocycles. The number of aromatic nitrogens is 3. The van der Waals surface area contributed by atoms with Gasteiger partial charge in [-0.25, -0.2) is 17.9 Å². The summed E-state index contributed by atoms with van der Waals surface area (Å²) in [5, 5.41) is 7.53. The summed E-state index contributed by atoms with van der Waals surface area (Å²) in [6.45, 7) is 4.79. The van der Waals surface area contributed by atoms with E-state index in [0.717, 1.165) is 35.6 Å². The second kappa shape index (κ2) is 9.38. The number of amides is 1. The van der Waals surface area contributed by atoms with Crippen molar-refractivity contribution in [1.82, 2.24) is 24.2 Å². The fourth-order valence-corrected chi connectivity index (χ4v) is 5.92. The van der Waals surface area contributed by atoms with E-state index < -0.39 is 16.1 Å². The first-order valence-corrected chi connectivity index (χ1v) is 12.5. The van der Waals surface area contributed by atoms with Crippen LogP contribution in [0.15, 0.2) is 47.4 Å². The summed E-state index contributed by atoms with van der Waals surface area (Å²) in [5.74, 6) is -0.229. The number of hydrogen-bond donors (Lipinski definition) is 1. The largest absolute Gasteiger partial charge is 0.355 e. The third-order valence-electron chi connectivity index (χ3n) is 5.80. The molecule has 0 saturated carbocycles. The van der Waals surface area contributed by atoms with Gasteiger partial charge in [0.1, 0.15) is 6.04 Å². The lowest BCUT2D eigenvalue weighted by molar-refractivity contribution is -0.125. The fraction of sp³-hybridized carbons (Fsp3) is 0.435. The van der Waals surface area contributed by atoms with Crippen LogP contribution in [0.2, 0.25) is 0 Å². The van der Waals surface area contributed by atoms with Crippen LogP contribution in [0, 0.1) is 13.8 Å². The van der Waals surface area contributed by atoms with Crippen molar-refractivity contribution in [2.75, 3.05) is 13.1 Å². The fourth-order valence-electron chi connectivity index (χ4n) is 4.24. The molecule has 9 heteroatoms. The molecule has 3 aromatic rings. The third kappa shape index (κ3) is 4.68. The highest BCUT2D eigenvalue weighted by Gasteiger charge is 2.37. The van der Waals surface area contributed by atoms with Gasteiger partial charge in [0.15, 0.2) is 5.65 Å². The van der Waals surface area contributed by atoms with Crippen LogP contribution in [0.25, 0.3) is 5.65 Å². The van der Waals surface area contributed by atoms with Gasteiger partial charge >= 0.3 is 0 Å². The van der Waals surface area contributed by atoms with E-state index in [0.29, 0.717) is 32.4 Å². The number of benzene rings is 1. The van der Waals surface area contributed by atoms with Crippen LogP contribution in [0.5, 0.6) is 0 Å². The van der Waals surface area contributed by atoms with Crippen LogP contribution in [0.1, 0.15) is 42.8 Å². The van der Waals surface area contributed by atoms with Gasteiger partial charge in [-0.2, -0.15) is 9.40 Å². The van der Waals surface area contributed by atoms with Crippen LogP contribution in [-0.4, -0.2) is 52.4 Å². The summed E-state index contributed by atoms with van der Waals surface area (Å²) in [6, 6.07) is 11.6. The van der Waals surface area contributed by atoms with Crippen LogP contribution < -0.4 is 5.32 Å². The Balaban J connectivity index is 1.36. The quantitative estimate of drug-likeness (QED) is 0.553. The molecule has 1 N–H and O–H groups in total. The second-order valence-corrected chi connectivity index (χ2v) is 10.2. The standard InChI is InChI=1S/C23H29N5O3S/c1-17-15-18(2)28-22(25-17)16-19(26-28)9-8-13-24-23(29)21-12-6-7-14-27(21)32(30,31)20-10-4-3-5-11-20/h3-5,10-11,15-16,21H,6-9,12-14H2,1-2H3,(H,24,29)/t21-/m0/s1. The Bertz CT molecular complexity index is 1210. The van der Waals surface area contributed by atoms with E-state index >= 15 is 0 Å². The molecule has 8 nitrogen and oxygen atoms in total. The molecule has 0 spiro atoms. The van der Waals surface area contributed by atoms with E-state index in [-0.39, 0.29) is 10.8 Å². The van der Waals surface area contributed by atoms with Gasteiger partial charge in [-0.1, -0.05) is 24.6 Å². The number of piperidine rings is 1. The van der Waals surface area contributed by atoms with Gasteiger partial charge in [0.05, 0.1) is 10.6 Å². The molecular weight excluding hydrogens is 426 g/mol. The SMILES string of the molecule is Cc1cc(C)n2nc(CCCNC(=O)[C@@H]3CCCCN3S(=O)(=O)c3ccccc3)cc2n1. The Morgan fingerprint density at radius 2 is 1.94 bits per heavy atom. The van der Waals surface area contributed by atoms with Crippen LogP contribution in [-0.2, 0) is 21.2 Å². The molecule has 4 rings (SSSR count). The molecule has 1 fully saturated rings. The number of nitrogens with zero attached hydrogens (tertiary/aromatic N) is 4. The third-order valence-corrected chi connectivity index (χ3v) is 7.72. The number of carbonyl (C=O) groups excluding carboxylic acids is 1. The van der Waals surface area contributed by atoms with Crippen molar-refractivity contribution in [3.8, 4) is 0 Å². The monoisotopic (exact) mass is 455 g/mol. The molecule has 1 aromatic carbocycles. The molecule has 1 aliphatic heterocycles. The van der Waals surface area contributed by atoms with Gasteiger partial charge in [-0.15, -0.1) is 0 Å². The molecule has 3 heterocycles. The van der Waals surface area contributed by atoms with Gasteiger partial charge < -0.3 is 5.32 Å². The highest BCUT2D eigenvalue weighted by molar-refractivity contribution is 7.89. The van der Waals surface area contributed by atoms with Gasteiger partial charge in [-0.05, 0) is 57.7 Å². The smallest absolute Gasteiger partial charge is 0.243 e. The Hall–Kier alpha value is -2.78. The zero-order valence-corrected chi connectivity index (χ0v) is 19.3. The van der Waals surface area contributed by atoms with Gasteiger partial charge in [0.2, 0.25) is 15.9 Å². The Kier molecular flexibility index (Phi) is 6.57. The average molecular weight is 456 g/mol. The maximum atomic E-state index is 13.1. The molecule has 1 atom stereocenters. The van der Waals surface area contributed by atoms with E-state index in [4.69, 9.17) is 0 Å².